The molecule has 0 spiro atoms. The highest BCUT2D eigenvalue weighted by molar-refractivity contribution is 9.09. The van der Waals surface area contributed by atoms with Crippen LogP contribution >= 0.6 is 15.9 Å². The van der Waals surface area contributed by atoms with Crippen molar-refractivity contribution in [3.05, 3.63) is 12.4 Å². The summed E-state index contributed by atoms with van der Waals surface area (Å²) in [6.45, 7) is 3.33. The van der Waals surface area contributed by atoms with Gasteiger partial charge in [-0.15, -0.1) is 0 Å². The third-order valence-electron chi connectivity index (χ3n) is 3.24. The van der Waals surface area contributed by atoms with Crippen molar-refractivity contribution in [2.45, 2.75) is 12.8 Å². The molecule has 1 fully saturated rings. The van der Waals surface area contributed by atoms with Crippen LogP contribution in [0.15, 0.2) is 12.4 Å². The summed E-state index contributed by atoms with van der Waals surface area (Å²) in [7, 11) is 2.00. The second-order valence-electron chi connectivity index (χ2n) is 4.50. The summed E-state index contributed by atoms with van der Waals surface area (Å²) >= 11 is 3.36. The molecule has 6 heteroatoms. The first kappa shape index (κ1) is 13.4. The van der Waals surface area contributed by atoms with Crippen LogP contribution in [-0.4, -0.2) is 51.9 Å². The van der Waals surface area contributed by atoms with E-state index < -0.39 is 0 Å². The summed E-state index contributed by atoms with van der Waals surface area (Å²) in [5.41, 5.74) is 0. The second-order valence-corrected chi connectivity index (χ2v) is 5.29. The average Bonchev–Trinajstić information content (AvgIpc) is 2.82. The summed E-state index contributed by atoms with van der Waals surface area (Å²) in [6.07, 6.45) is 5.32. The lowest BCUT2D eigenvalue weighted by molar-refractivity contribution is -0.131. The molecule has 18 heavy (non-hydrogen) atoms. The number of piperazine rings is 1. The fraction of sp³-hybridized carbons (Fsp3) is 0.667. The van der Waals surface area contributed by atoms with Gasteiger partial charge in [0.25, 0.3) is 0 Å². The molecule has 2 rings (SSSR count). The number of hydrogen-bond acceptors (Lipinski definition) is 3. The van der Waals surface area contributed by atoms with Crippen molar-refractivity contribution in [1.29, 1.82) is 0 Å². The highest BCUT2D eigenvalue weighted by Crippen LogP contribution is 2.13. The van der Waals surface area contributed by atoms with Gasteiger partial charge in [-0.25, -0.2) is 4.98 Å². The van der Waals surface area contributed by atoms with Gasteiger partial charge in [0.05, 0.1) is 0 Å². The fourth-order valence-corrected chi connectivity index (χ4v) is 2.47. The number of aromatic nitrogens is 2. The number of alkyl halides is 1. The zero-order valence-corrected chi connectivity index (χ0v) is 12.3. The van der Waals surface area contributed by atoms with Crippen molar-refractivity contribution in [3.63, 3.8) is 0 Å². The van der Waals surface area contributed by atoms with E-state index in [1.165, 1.54) is 0 Å². The Bertz CT molecular complexity index is 399. The normalized spacial score (nSPS) is 16.1. The lowest BCUT2D eigenvalue weighted by Crippen LogP contribution is -2.49. The maximum Gasteiger partial charge on any atom is 0.222 e. The fourth-order valence-electron chi connectivity index (χ4n) is 2.19. The summed E-state index contributed by atoms with van der Waals surface area (Å²) in [5, 5.41) is 0.895. The number of anilines is 1. The molecule has 1 aliphatic heterocycles. The maximum absolute atomic E-state index is 11.9. The van der Waals surface area contributed by atoms with Crippen LogP contribution in [0.2, 0.25) is 0 Å². The average molecular weight is 315 g/mol. The summed E-state index contributed by atoms with van der Waals surface area (Å²) in [6, 6.07) is 0. The minimum absolute atomic E-state index is 0.272. The van der Waals surface area contributed by atoms with Gasteiger partial charge >= 0.3 is 0 Å². The molecular weight excluding hydrogens is 296 g/mol. The number of carbonyl (C=O) groups excluding carboxylic acids is 1. The molecule has 5 nitrogen and oxygen atoms in total. The Kier molecular flexibility index (Phi) is 4.63. The van der Waals surface area contributed by atoms with Crippen molar-refractivity contribution in [3.8, 4) is 0 Å². The first-order chi connectivity index (χ1) is 8.72. The molecule has 100 valence electrons. The molecule has 2 heterocycles. The van der Waals surface area contributed by atoms with Gasteiger partial charge in [-0.3, -0.25) is 4.79 Å². The third-order valence-corrected chi connectivity index (χ3v) is 3.80. The van der Waals surface area contributed by atoms with E-state index in [-0.39, 0.29) is 5.91 Å². The Hall–Kier alpha value is -1.04. The Labute approximate surface area is 116 Å². The maximum atomic E-state index is 11.9. The molecule has 0 unspecified atom stereocenters. The molecule has 0 atom stereocenters. The van der Waals surface area contributed by atoms with Gasteiger partial charge in [0, 0.05) is 57.4 Å². The van der Waals surface area contributed by atoms with Crippen LogP contribution in [0, 0.1) is 0 Å². The predicted octanol–water partition coefficient (Wildman–Crippen LogP) is 1.24. The van der Waals surface area contributed by atoms with Crippen LogP contribution in [0.4, 0.5) is 5.95 Å². The van der Waals surface area contributed by atoms with Crippen molar-refractivity contribution < 1.29 is 4.79 Å². The van der Waals surface area contributed by atoms with E-state index in [4.69, 9.17) is 0 Å². The van der Waals surface area contributed by atoms with E-state index in [9.17, 15) is 4.79 Å². The molecule has 1 amide bonds. The number of amides is 1. The Morgan fingerprint density at radius 2 is 2.11 bits per heavy atom. The standard InChI is InChI=1S/C12H19BrN4O/c1-15-6-5-14-12(15)17-9-7-16(8-10-17)11(18)3-2-4-13/h5-6H,2-4,7-10H2,1H3. The molecule has 0 aromatic carbocycles. The van der Waals surface area contributed by atoms with Gasteiger partial charge in [0.2, 0.25) is 11.9 Å². The monoisotopic (exact) mass is 314 g/mol. The van der Waals surface area contributed by atoms with Crippen molar-refractivity contribution in [1.82, 2.24) is 14.5 Å². The van der Waals surface area contributed by atoms with Gasteiger partial charge in [-0.2, -0.15) is 0 Å². The summed E-state index contributed by atoms with van der Waals surface area (Å²) in [5.74, 6) is 1.26. The SMILES string of the molecule is Cn1ccnc1N1CCN(C(=O)CCCBr)CC1. The molecule has 0 radical (unpaired) electrons. The Balaban J connectivity index is 1.85. The Morgan fingerprint density at radius 3 is 2.67 bits per heavy atom. The molecule has 1 aliphatic rings. The molecule has 1 saturated heterocycles. The molecule has 0 N–H and O–H groups in total. The number of aryl methyl sites for hydroxylation is 1. The van der Waals surface area contributed by atoms with Gasteiger partial charge in [0.15, 0.2) is 0 Å². The zero-order chi connectivity index (χ0) is 13.0. The molecule has 0 saturated carbocycles. The predicted molar refractivity (Wildman–Crippen MR) is 75.0 cm³/mol. The van der Waals surface area contributed by atoms with Gasteiger partial charge < -0.3 is 14.4 Å². The minimum atomic E-state index is 0.272. The number of carbonyl (C=O) groups is 1. The van der Waals surface area contributed by atoms with E-state index in [2.05, 4.69) is 25.8 Å². The van der Waals surface area contributed by atoms with Crippen LogP contribution in [0.25, 0.3) is 0 Å². The van der Waals surface area contributed by atoms with Gasteiger partial charge in [-0.05, 0) is 6.42 Å². The quantitative estimate of drug-likeness (QED) is 0.785. The summed E-state index contributed by atoms with van der Waals surface area (Å²) < 4.78 is 2.02. The first-order valence-corrected chi connectivity index (χ1v) is 7.40. The summed E-state index contributed by atoms with van der Waals surface area (Å²) in [4.78, 5) is 20.4. The number of rotatable bonds is 4. The zero-order valence-electron chi connectivity index (χ0n) is 10.7. The van der Waals surface area contributed by atoms with E-state index >= 15 is 0 Å². The van der Waals surface area contributed by atoms with E-state index in [1.807, 2.05) is 28.9 Å². The minimum Gasteiger partial charge on any atom is -0.339 e. The lowest BCUT2D eigenvalue weighted by atomic mass is 10.2. The lowest BCUT2D eigenvalue weighted by Gasteiger charge is -2.35. The van der Waals surface area contributed by atoms with Crippen LogP contribution in [0.5, 0.6) is 0 Å². The molecule has 0 aliphatic carbocycles. The van der Waals surface area contributed by atoms with Crippen molar-refractivity contribution in [2.75, 3.05) is 36.4 Å². The first-order valence-electron chi connectivity index (χ1n) is 6.28. The molecular formula is C12H19BrN4O. The number of imidazole rings is 1. The van der Waals surface area contributed by atoms with Crippen LogP contribution in [-0.2, 0) is 11.8 Å². The number of nitrogens with zero attached hydrogens (tertiary/aromatic N) is 4. The number of halogens is 1. The highest BCUT2D eigenvalue weighted by atomic mass is 79.9. The van der Waals surface area contributed by atoms with E-state index in [0.717, 1.165) is 43.9 Å². The number of hydrogen-bond donors (Lipinski definition) is 0. The van der Waals surface area contributed by atoms with E-state index in [1.54, 1.807) is 0 Å². The van der Waals surface area contributed by atoms with Crippen LogP contribution < -0.4 is 4.90 Å². The van der Waals surface area contributed by atoms with Crippen molar-refractivity contribution in [2.24, 2.45) is 7.05 Å². The van der Waals surface area contributed by atoms with Crippen LogP contribution in [0.1, 0.15) is 12.8 Å². The molecule has 1 aromatic rings. The smallest absolute Gasteiger partial charge is 0.222 e. The molecule has 1 aromatic heterocycles. The Morgan fingerprint density at radius 1 is 1.39 bits per heavy atom. The third kappa shape index (κ3) is 3.04. The topological polar surface area (TPSA) is 41.4 Å². The van der Waals surface area contributed by atoms with Crippen LogP contribution in [0.3, 0.4) is 0 Å². The van der Waals surface area contributed by atoms with Crippen molar-refractivity contribution >= 4 is 27.8 Å². The van der Waals surface area contributed by atoms with Gasteiger partial charge in [0.1, 0.15) is 0 Å². The van der Waals surface area contributed by atoms with Gasteiger partial charge in [-0.1, -0.05) is 15.9 Å². The highest BCUT2D eigenvalue weighted by Gasteiger charge is 2.22. The largest absolute Gasteiger partial charge is 0.339 e. The molecule has 0 bridgehead atoms. The second kappa shape index (κ2) is 6.22. The van der Waals surface area contributed by atoms with E-state index in [0.29, 0.717) is 6.42 Å².